The summed E-state index contributed by atoms with van der Waals surface area (Å²) in [5.74, 6) is -1.47. The van der Waals surface area contributed by atoms with Crippen LogP contribution in [0.5, 0.6) is 0 Å². The number of carbonyl (C=O) groups excluding carboxylic acids is 2. The first-order valence-electron chi connectivity index (χ1n) is 21.7. The highest BCUT2D eigenvalue weighted by atomic mass is 32.1. The number of nitrogens with zero attached hydrogens (tertiary/aromatic N) is 6. The highest BCUT2D eigenvalue weighted by Gasteiger charge is 2.50. The van der Waals surface area contributed by atoms with E-state index in [2.05, 4.69) is 84.3 Å². The second kappa shape index (κ2) is 17.9. The number of amides is 2. The SMILES string of the molecule is CCn1c(C2=C([C@H](C)OC)N=C[C@H](N3CCN(C)CC3)C2)c(CC(C)(C)CO)c2cc(-c3csc(C[C@H](NC(=O)OC(C)(C)C)C(=O)N4NC(C(=O)O)C5CC4C5)n3)ccc21. The minimum atomic E-state index is -1.05. The average molecular weight is 861 g/mol. The predicted molar refractivity (Wildman–Crippen MR) is 237 cm³/mol. The molecule has 15 nitrogen and oxygen atoms in total. The van der Waals surface area contributed by atoms with Gasteiger partial charge >= 0.3 is 12.1 Å². The maximum Gasteiger partial charge on any atom is 0.408 e. The van der Waals surface area contributed by atoms with E-state index < -0.39 is 41.1 Å². The van der Waals surface area contributed by atoms with E-state index in [1.54, 1.807) is 27.9 Å². The summed E-state index contributed by atoms with van der Waals surface area (Å²) in [4.78, 5) is 54.3. The number of likely N-dealkylation sites (N-methyl/N-ethyl adjacent to an activating group) is 1. The van der Waals surface area contributed by atoms with Crippen LogP contribution in [0, 0.1) is 11.3 Å². The fourth-order valence-electron chi connectivity index (χ4n) is 9.14. The summed E-state index contributed by atoms with van der Waals surface area (Å²) in [6.45, 7) is 18.4. The Morgan fingerprint density at radius 3 is 2.46 bits per heavy atom. The van der Waals surface area contributed by atoms with Crippen LogP contribution in [0.2, 0.25) is 0 Å². The normalized spacial score (nSPS) is 23.5. The molecular weight excluding hydrogens is 797 g/mol. The number of rotatable bonds is 14. The Balaban J connectivity index is 1.25. The summed E-state index contributed by atoms with van der Waals surface area (Å²) in [5, 5.41) is 28.3. The monoisotopic (exact) mass is 860 g/mol. The lowest BCUT2D eigenvalue weighted by Crippen LogP contribution is -2.71. The summed E-state index contributed by atoms with van der Waals surface area (Å²) in [6.07, 6.45) is 3.84. The number of aromatic nitrogens is 2. The first kappa shape index (κ1) is 44.9. The molecule has 0 radical (unpaired) electrons. The van der Waals surface area contributed by atoms with E-state index in [4.69, 9.17) is 19.5 Å². The minimum absolute atomic E-state index is 0.0191. The van der Waals surface area contributed by atoms with Crippen molar-refractivity contribution in [3.63, 3.8) is 0 Å². The molecule has 61 heavy (non-hydrogen) atoms. The third-order valence-corrected chi connectivity index (χ3v) is 13.6. The first-order valence-corrected chi connectivity index (χ1v) is 22.5. The molecule has 2 amide bonds. The van der Waals surface area contributed by atoms with Gasteiger partial charge in [-0.05, 0) is 96.4 Å². The van der Waals surface area contributed by atoms with Crippen molar-refractivity contribution in [2.45, 2.75) is 123 Å². The standard InChI is InChI=1S/C45H64N8O7S/c1-10-52-36-12-11-27(35-24-61-37(47-35)21-34(48-43(58)60-44(3,4)5)41(55)53-29-17-28(18-29)39(49-53)42(56)57)19-31(36)33(22-45(6,7)25-54)40(52)32-20-30(23-46-38(32)26(2)59-9)51-15-13-50(8)14-16-51/h11-12,19,23-24,26,28-30,34,39,49,54H,10,13-18,20-22,25H2,1-9H3,(H,48,58)(H,56,57)/t26-,28?,29?,30+,34-,39?/m0/s1. The molecule has 16 heteroatoms. The van der Waals surface area contributed by atoms with Crippen LogP contribution in [-0.4, -0.2) is 142 Å². The number of hydrazine groups is 1. The Kier molecular flexibility index (Phi) is 13.2. The molecule has 1 unspecified atom stereocenters. The van der Waals surface area contributed by atoms with Crippen molar-refractivity contribution < 1.29 is 34.1 Å². The molecule has 4 atom stereocenters. The van der Waals surface area contributed by atoms with Crippen LogP contribution in [0.25, 0.3) is 27.7 Å². The topological polar surface area (TPSA) is 174 Å². The largest absolute Gasteiger partial charge is 0.480 e. The number of thiazole rings is 1. The average Bonchev–Trinajstić information content (AvgIpc) is 3.80. The number of benzene rings is 1. The number of aryl methyl sites for hydroxylation is 1. The van der Waals surface area contributed by atoms with Crippen LogP contribution in [-0.2, 0) is 38.4 Å². The number of carboxylic acids is 1. The number of carboxylic acid groups (broad SMARTS) is 1. The molecule has 4 aliphatic heterocycles. The van der Waals surface area contributed by atoms with Crippen molar-refractivity contribution in [2.75, 3.05) is 46.9 Å². The number of piperazine rings is 1. The van der Waals surface area contributed by atoms with Crippen LogP contribution in [0.1, 0.15) is 84.0 Å². The van der Waals surface area contributed by atoms with Gasteiger partial charge < -0.3 is 34.5 Å². The molecule has 1 aromatic carbocycles. The Morgan fingerprint density at radius 1 is 1.10 bits per heavy atom. The second-order valence-electron chi connectivity index (χ2n) is 19.0. The van der Waals surface area contributed by atoms with E-state index in [9.17, 15) is 24.6 Å². The lowest BCUT2D eigenvalue weighted by molar-refractivity contribution is -0.165. The van der Waals surface area contributed by atoms with Gasteiger partial charge in [-0.15, -0.1) is 11.3 Å². The Labute approximate surface area is 363 Å². The smallest absolute Gasteiger partial charge is 0.408 e. The number of aliphatic hydroxyl groups is 1. The van der Waals surface area contributed by atoms with Gasteiger partial charge in [0.1, 0.15) is 17.7 Å². The molecule has 1 aliphatic carbocycles. The molecule has 8 rings (SSSR count). The molecule has 3 saturated heterocycles. The van der Waals surface area contributed by atoms with Crippen LogP contribution >= 0.6 is 11.3 Å². The summed E-state index contributed by atoms with van der Waals surface area (Å²) in [7, 11) is 3.90. The van der Waals surface area contributed by atoms with Gasteiger partial charge in [0, 0.05) is 98.6 Å². The molecule has 3 aromatic rings. The molecular formula is C45H64N8O7S. The summed E-state index contributed by atoms with van der Waals surface area (Å²) >= 11 is 1.40. The van der Waals surface area contributed by atoms with Gasteiger partial charge in [-0.3, -0.25) is 24.5 Å². The Morgan fingerprint density at radius 2 is 1.82 bits per heavy atom. The number of hydrogen-bond acceptors (Lipinski definition) is 12. The molecule has 4 fully saturated rings. The van der Waals surface area contributed by atoms with Gasteiger partial charge in [0.25, 0.3) is 5.91 Å². The maximum absolute atomic E-state index is 14.1. The number of carbonyl (C=O) groups is 3. The van der Waals surface area contributed by atoms with E-state index in [1.807, 2.05) is 5.38 Å². The molecule has 2 bridgehead atoms. The summed E-state index contributed by atoms with van der Waals surface area (Å²) < 4.78 is 13.9. The van der Waals surface area contributed by atoms with Crippen LogP contribution in [0.3, 0.4) is 0 Å². The predicted octanol–water partition coefficient (Wildman–Crippen LogP) is 5.20. The second-order valence-corrected chi connectivity index (χ2v) is 19.9. The number of ether oxygens (including phenoxy) is 2. The lowest BCUT2D eigenvalue weighted by Gasteiger charge is -2.52. The quantitative estimate of drug-likeness (QED) is 0.168. The molecule has 1 saturated carbocycles. The van der Waals surface area contributed by atoms with Crippen molar-refractivity contribution in [3.8, 4) is 11.3 Å². The molecule has 0 spiro atoms. The number of hydrogen-bond donors (Lipinski definition) is 4. The molecule has 4 N–H and O–H groups in total. The molecule has 2 aromatic heterocycles. The highest BCUT2D eigenvalue weighted by molar-refractivity contribution is 7.10. The zero-order chi connectivity index (χ0) is 44.0. The van der Waals surface area contributed by atoms with E-state index in [0.29, 0.717) is 24.3 Å². The molecule has 6 heterocycles. The van der Waals surface area contributed by atoms with Crippen molar-refractivity contribution in [2.24, 2.45) is 16.3 Å². The maximum atomic E-state index is 14.1. The van der Waals surface area contributed by atoms with Crippen LogP contribution in [0.15, 0.2) is 34.3 Å². The number of nitrogens with one attached hydrogen (secondary N) is 2. The number of aliphatic imine (C=N–C) groups is 1. The first-order chi connectivity index (χ1) is 28.9. The zero-order valence-electron chi connectivity index (χ0n) is 37.2. The Bertz CT molecular complexity index is 2180. The van der Waals surface area contributed by atoms with Gasteiger partial charge in [-0.2, -0.15) is 0 Å². The highest BCUT2D eigenvalue weighted by Crippen LogP contribution is 2.43. The zero-order valence-corrected chi connectivity index (χ0v) is 38.0. The molecule has 5 aliphatic rings. The van der Waals surface area contributed by atoms with Gasteiger partial charge in [0.15, 0.2) is 0 Å². The van der Waals surface area contributed by atoms with Gasteiger partial charge in [-0.25, -0.2) is 15.2 Å². The van der Waals surface area contributed by atoms with Crippen LogP contribution < -0.4 is 10.7 Å². The Hall–Kier alpha value is -4.19. The number of aliphatic hydroxyl groups excluding tert-OH is 1. The third kappa shape index (κ3) is 9.59. The summed E-state index contributed by atoms with van der Waals surface area (Å²) in [5.41, 5.74) is 8.82. The van der Waals surface area contributed by atoms with E-state index in [0.717, 1.165) is 78.3 Å². The number of aliphatic carboxylic acids is 1. The van der Waals surface area contributed by atoms with Gasteiger partial charge in [0.05, 0.1) is 28.2 Å². The third-order valence-electron chi connectivity index (χ3n) is 12.7. The number of methoxy groups -OCH3 is 1. The van der Waals surface area contributed by atoms with E-state index in [1.165, 1.54) is 21.9 Å². The van der Waals surface area contributed by atoms with Crippen molar-refractivity contribution in [3.05, 3.63) is 45.5 Å². The van der Waals surface area contributed by atoms with Crippen molar-refractivity contribution >= 4 is 52.0 Å². The number of alkyl carbamates (subject to hydrolysis) is 1. The fraction of sp³-hybridized carbons (Fsp3) is 0.622. The number of fused-ring (bicyclic) bond motifs is 3. The van der Waals surface area contributed by atoms with Crippen LogP contribution in [0.4, 0.5) is 4.79 Å². The fourth-order valence-corrected chi connectivity index (χ4v) is 9.99. The van der Waals surface area contributed by atoms with Crippen molar-refractivity contribution in [1.82, 2.24) is 35.1 Å². The minimum Gasteiger partial charge on any atom is -0.480 e. The van der Waals surface area contributed by atoms with E-state index in [-0.39, 0.29) is 37.1 Å². The molecule has 332 valence electrons. The van der Waals surface area contributed by atoms with Crippen molar-refractivity contribution in [1.29, 1.82) is 0 Å². The van der Waals surface area contributed by atoms with Gasteiger partial charge in [-0.1, -0.05) is 19.9 Å². The lowest BCUT2D eigenvalue weighted by atomic mass is 9.73. The van der Waals surface area contributed by atoms with Gasteiger partial charge in [0.2, 0.25) is 0 Å². The summed E-state index contributed by atoms with van der Waals surface area (Å²) in [6, 6.07) is 4.50. The van der Waals surface area contributed by atoms with E-state index >= 15 is 0 Å².